The molecule has 0 radical (unpaired) electrons. The van der Waals surface area contributed by atoms with Crippen molar-refractivity contribution in [1.29, 1.82) is 0 Å². The minimum Gasteiger partial charge on any atom is -0.488 e. The highest BCUT2D eigenvalue weighted by atomic mass is 79.9. The van der Waals surface area contributed by atoms with Crippen LogP contribution in [0.15, 0.2) is 76.1 Å². The molecule has 3 aromatic carbocycles. The van der Waals surface area contributed by atoms with Gasteiger partial charge >= 0.3 is 6.18 Å². The smallest absolute Gasteiger partial charge is 0.416 e. The molecular formula is C22H17BrF3NO4S. The maximum Gasteiger partial charge on any atom is 0.416 e. The summed E-state index contributed by atoms with van der Waals surface area (Å²) in [5, 5.41) is 0. The lowest BCUT2D eigenvalue weighted by Gasteiger charge is -2.14. The molecule has 10 heteroatoms. The molecule has 0 heterocycles. The van der Waals surface area contributed by atoms with Crippen LogP contribution in [0.5, 0.6) is 5.75 Å². The molecule has 1 amide bonds. The SMILES string of the molecule is Cc1ccc(C(=O)NS(=O)(=O)c2cccc(C(F)(F)F)c2)c(OCc2ccc(Br)cc2)c1. The van der Waals surface area contributed by atoms with Crippen molar-refractivity contribution in [3.8, 4) is 5.75 Å². The Morgan fingerprint density at radius 3 is 2.38 bits per heavy atom. The molecule has 168 valence electrons. The van der Waals surface area contributed by atoms with Crippen LogP contribution in [0.25, 0.3) is 0 Å². The van der Waals surface area contributed by atoms with Crippen molar-refractivity contribution in [2.24, 2.45) is 0 Å². The van der Waals surface area contributed by atoms with Crippen LogP contribution in [-0.4, -0.2) is 14.3 Å². The third kappa shape index (κ3) is 5.89. The van der Waals surface area contributed by atoms with Gasteiger partial charge in [-0.15, -0.1) is 0 Å². The number of carbonyl (C=O) groups excluding carboxylic acids is 1. The van der Waals surface area contributed by atoms with Gasteiger partial charge in [0.1, 0.15) is 12.4 Å². The zero-order chi connectivity index (χ0) is 23.5. The second-order valence-electron chi connectivity index (χ2n) is 6.87. The number of aryl methyl sites for hydroxylation is 1. The molecule has 0 saturated carbocycles. The third-order valence-electron chi connectivity index (χ3n) is 4.39. The number of hydrogen-bond acceptors (Lipinski definition) is 4. The summed E-state index contributed by atoms with van der Waals surface area (Å²) in [5.74, 6) is -0.877. The lowest BCUT2D eigenvalue weighted by atomic mass is 10.1. The monoisotopic (exact) mass is 527 g/mol. The van der Waals surface area contributed by atoms with Gasteiger partial charge in [-0.05, 0) is 60.5 Å². The van der Waals surface area contributed by atoms with Crippen molar-refractivity contribution in [2.75, 3.05) is 0 Å². The molecule has 32 heavy (non-hydrogen) atoms. The Morgan fingerprint density at radius 1 is 1.03 bits per heavy atom. The summed E-state index contributed by atoms with van der Waals surface area (Å²) in [6.45, 7) is 1.89. The summed E-state index contributed by atoms with van der Waals surface area (Å²) in [6.07, 6.45) is -4.72. The summed E-state index contributed by atoms with van der Waals surface area (Å²) >= 11 is 3.33. The van der Waals surface area contributed by atoms with Gasteiger partial charge in [0.25, 0.3) is 15.9 Å². The first-order valence-corrected chi connectivity index (χ1v) is 11.5. The molecule has 0 unspecified atom stereocenters. The van der Waals surface area contributed by atoms with Gasteiger partial charge in [0.05, 0.1) is 16.0 Å². The molecule has 1 N–H and O–H groups in total. The van der Waals surface area contributed by atoms with Gasteiger partial charge in [0, 0.05) is 4.47 Å². The van der Waals surface area contributed by atoms with Gasteiger partial charge in [0.15, 0.2) is 0 Å². The van der Waals surface area contributed by atoms with Gasteiger partial charge in [-0.2, -0.15) is 13.2 Å². The molecule has 5 nitrogen and oxygen atoms in total. The Kier molecular flexibility index (Phi) is 6.94. The van der Waals surface area contributed by atoms with E-state index in [1.807, 2.05) is 29.0 Å². The Bertz CT molecular complexity index is 1240. The average molecular weight is 528 g/mol. The summed E-state index contributed by atoms with van der Waals surface area (Å²) in [6, 6.07) is 15.0. The Morgan fingerprint density at radius 2 is 1.72 bits per heavy atom. The van der Waals surface area contributed by atoms with E-state index < -0.39 is 32.6 Å². The molecule has 3 aromatic rings. The lowest BCUT2D eigenvalue weighted by molar-refractivity contribution is -0.137. The molecular weight excluding hydrogens is 511 g/mol. The standard InChI is InChI=1S/C22H17BrF3NO4S/c1-14-5-10-19(20(11-14)31-13-15-6-8-17(23)9-7-15)21(28)27-32(29,30)18-4-2-3-16(12-18)22(24,25)26/h2-12H,13H2,1H3,(H,27,28). The van der Waals surface area contributed by atoms with Crippen LogP contribution in [-0.2, 0) is 22.8 Å². The number of hydrogen-bond donors (Lipinski definition) is 1. The molecule has 0 spiro atoms. The van der Waals surface area contributed by atoms with Crippen molar-refractivity contribution in [2.45, 2.75) is 24.6 Å². The number of carbonyl (C=O) groups is 1. The molecule has 0 aliphatic carbocycles. The van der Waals surface area contributed by atoms with Crippen LogP contribution in [0.1, 0.15) is 27.0 Å². The van der Waals surface area contributed by atoms with E-state index in [-0.39, 0.29) is 17.9 Å². The van der Waals surface area contributed by atoms with E-state index in [9.17, 15) is 26.4 Å². The van der Waals surface area contributed by atoms with Gasteiger partial charge < -0.3 is 4.74 Å². The number of sulfonamides is 1. The fourth-order valence-corrected chi connectivity index (χ4v) is 4.03. The van der Waals surface area contributed by atoms with E-state index in [4.69, 9.17) is 4.74 Å². The van der Waals surface area contributed by atoms with Crippen LogP contribution in [0, 0.1) is 6.92 Å². The molecule has 3 rings (SSSR count). The first-order chi connectivity index (χ1) is 15.0. The molecule has 0 aliphatic heterocycles. The number of amides is 1. The molecule has 0 atom stereocenters. The zero-order valence-electron chi connectivity index (χ0n) is 16.6. The highest BCUT2D eigenvalue weighted by Gasteiger charge is 2.32. The second kappa shape index (κ2) is 9.33. The fourth-order valence-electron chi connectivity index (χ4n) is 2.75. The van der Waals surface area contributed by atoms with Gasteiger partial charge in [-0.3, -0.25) is 4.79 Å². The maximum atomic E-state index is 12.9. The van der Waals surface area contributed by atoms with Gasteiger partial charge in [0.2, 0.25) is 0 Å². The van der Waals surface area contributed by atoms with E-state index in [0.717, 1.165) is 33.8 Å². The first-order valence-electron chi connectivity index (χ1n) is 9.18. The minimum atomic E-state index is -4.72. The minimum absolute atomic E-state index is 0.0664. The Balaban J connectivity index is 1.83. The zero-order valence-corrected chi connectivity index (χ0v) is 19.0. The summed E-state index contributed by atoms with van der Waals surface area (Å²) in [7, 11) is -4.55. The van der Waals surface area contributed by atoms with Crippen LogP contribution in [0.3, 0.4) is 0 Å². The highest BCUT2D eigenvalue weighted by Crippen LogP contribution is 2.30. The normalized spacial score (nSPS) is 11.8. The predicted octanol–water partition coefficient (Wildman–Crippen LogP) is 5.47. The lowest BCUT2D eigenvalue weighted by Crippen LogP contribution is -2.31. The number of rotatable bonds is 6. The van der Waals surface area contributed by atoms with Crippen LogP contribution >= 0.6 is 15.9 Å². The van der Waals surface area contributed by atoms with Crippen molar-refractivity contribution in [3.05, 3.63) is 93.5 Å². The fraction of sp³-hybridized carbons (Fsp3) is 0.136. The summed E-state index contributed by atoms with van der Waals surface area (Å²) in [4.78, 5) is 12.0. The van der Waals surface area contributed by atoms with E-state index in [0.29, 0.717) is 6.07 Å². The number of benzene rings is 3. The molecule has 0 saturated heterocycles. The second-order valence-corrected chi connectivity index (χ2v) is 9.47. The number of halogens is 4. The van der Waals surface area contributed by atoms with E-state index in [2.05, 4.69) is 15.9 Å². The number of alkyl halides is 3. The number of nitrogens with one attached hydrogen (secondary N) is 1. The van der Waals surface area contributed by atoms with Gasteiger partial charge in [-0.1, -0.05) is 40.2 Å². The highest BCUT2D eigenvalue weighted by molar-refractivity contribution is 9.10. The number of ether oxygens (including phenoxy) is 1. The van der Waals surface area contributed by atoms with Crippen LogP contribution in [0.4, 0.5) is 13.2 Å². The summed E-state index contributed by atoms with van der Waals surface area (Å²) in [5.41, 5.74) is 0.385. The Hall–Kier alpha value is -2.85. The topological polar surface area (TPSA) is 72.5 Å². The quantitative estimate of drug-likeness (QED) is 0.461. The van der Waals surface area contributed by atoms with Crippen molar-refractivity contribution in [3.63, 3.8) is 0 Å². The average Bonchev–Trinajstić information content (AvgIpc) is 2.72. The van der Waals surface area contributed by atoms with Crippen molar-refractivity contribution >= 4 is 31.9 Å². The first kappa shape index (κ1) is 23.8. The molecule has 0 fully saturated rings. The summed E-state index contributed by atoms with van der Waals surface area (Å²) < 4.78 is 72.3. The van der Waals surface area contributed by atoms with E-state index >= 15 is 0 Å². The molecule has 0 aliphatic rings. The Labute approximate surface area is 191 Å². The van der Waals surface area contributed by atoms with E-state index in [1.165, 1.54) is 6.07 Å². The molecule has 0 bridgehead atoms. The maximum absolute atomic E-state index is 12.9. The van der Waals surface area contributed by atoms with Gasteiger partial charge in [-0.25, -0.2) is 13.1 Å². The van der Waals surface area contributed by atoms with Crippen molar-refractivity contribution in [1.82, 2.24) is 4.72 Å². The molecule has 0 aromatic heterocycles. The van der Waals surface area contributed by atoms with Crippen LogP contribution < -0.4 is 9.46 Å². The largest absolute Gasteiger partial charge is 0.488 e. The van der Waals surface area contributed by atoms with Crippen LogP contribution in [0.2, 0.25) is 0 Å². The van der Waals surface area contributed by atoms with Crippen molar-refractivity contribution < 1.29 is 31.1 Å². The third-order valence-corrected chi connectivity index (χ3v) is 6.25. The van der Waals surface area contributed by atoms with E-state index in [1.54, 1.807) is 19.1 Å². The predicted molar refractivity (Wildman–Crippen MR) is 116 cm³/mol.